The van der Waals surface area contributed by atoms with Gasteiger partial charge < -0.3 is 4.74 Å². The summed E-state index contributed by atoms with van der Waals surface area (Å²) in [5.74, 6) is 0.696. The number of allylic oxidation sites excluding steroid dienone is 2. The summed E-state index contributed by atoms with van der Waals surface area (Å²) in [6.45, 7) is 6.15. The van der Waals surface area contributed by atoms with Crippen molar-refractivity contribution in [2.75, 3.05) is 7.11 Å². The molecule has 1 heterocycles. The van der Waals surface area contributed by atoms with Crippen LogP contribution in [0.1, 0.15) is 38.4 Å². The Kier molecular flexibility index (Phi) is 4.57. The van der Waals surface area contributed by atoms with E-state index in [2.05, 4.69) is 48.3 Å². The number of aromatic nitrogens is 1. The van der Waals surface area contributed by atoms with Gasteiger partial charge in [-0.3, -0.25) is 0 Å². The maximum absolute atomic E-state index is 5.40. The summed E-state index contributed by atoms with van der Waals surface area (Å²) in [4.78, 5) is 4.60. The summed E-state index contributed by atoms with van der Waals surface area (Å²) in [7, 11) is 1.67. The highest BCUT2D eigenvalue weighted by Gasteiger charge is 2.12. The van der Waals surface area contributed by atoms with Crippen LogP contribution in [-0.4, -0.2) is 12.1 Å². The predicted molar refractivity (Wildman–Crippen MR) is 86.9 cm³/mol. The molecule has 0 saturated carbocycles. The fourth-order valence-electron chi connectivity index (χ4n) is 2.37. The van der Waals surface area contributed by atoms with Gasteiger partial charge in [-0.1, -0.05) is 49.8 Å². The van der Waals surface area contributed by atoms with Crippen LogP contribution in [0.5, 0.6) is 5.88 Å². The van der Waals surface area contributed by atoms with E-state index in [0.717, 1.165) is 17.5 Å². The van der Waals surface area contributed by atoms with Crippen molar-refractivity contribution in [2.24, 2.45) is 0 Å². The molecule has 2 nitrogen and oxygen atoms in total. The molecule has 104 valence electrons. The normalized spacial score (nSPS) is 12.9. The molecule has 0 N–H and O–H groups in total. The van der Waals surface area contributed by atoms with Gasteiger partial charge in [0.15, 0.2) is 0 Å². The Balaban J connectivity index is 0.000000704. The molecule has 0 fully saturated rings. The Morgan fingerprint density at radius 3 is 2.50 bits per heavy atom. The lowest BCUT2D eigenvalue weighted by atomic mass is 10.0. The van der Waals surface area contributed by atoms with E-state index in [1.807, 2.05) is 19.9 Å². The monoisotopic (exact) mass is 267 g/mol. The molecule has 0 aliphatic heterocycles. The SMILES string of the molecule is CC.COc1nc2c(c3ccccc13)C=C(C)CC=C2. The molecule has 0 atom stereocenters. The predicted octanol–water partition coefficient (Wildman–Crippen LogP) is 5.09. The zero-order valence-corrected chi connectivity index (χ0v) is 12.6. The lowest BCUT2D eigenvalue weighted by molar-refractivity contribution is 0.403. The quantitative estimate of drug-likeness (QED) is 0.718. The van der Waals surface area contributed by atoms with Gasteiger partial charge >= 0.3 is 0 Å². The number of hydrogen-bond donors (Lipinski definition) is 0. The third kappa shape index (κ3) is 2.60. The van der Waals surface area contributed by atoms with E-state index >= 15 is 0 Å². The standard InChI is InChI=1S/C16H15NO.C2H6/c1-11-6-5-9-15-14(10-11)12-7-3-4-8-13(12)16(17-15)18-2;1-2/h3-5,7-10H,6H2,1-2H3;1-2H3. The molecule has 0 amide bonds. The molecular weight excluding hydrogens is 246 g/mol. The maximum Gasteiger partial charge on any atom is 0.221 e. The number of benzene rings is 1. The molecule has 2 aromatic rings. The molecule has 1 aliphatic carbocycles. The molecule has 0 unspecified atom stereocenters. The van der Waals surface area contributed by atoms with Crippen LogP contribution in [0.25, 0.3) is 22.9 Å². The molecule has 1 aromatic carbocycles. The Bertz CT molecular complexity index is 668. The van der Waals surface area contributed by atoms with Crippen molar-refractivity contribution < 1.29 is 4.74 Å². The Labute approximate surface area is 120 Å². The number of hydrogen-bond acceptors (Lipinski definition) is 2. The van der Waals surface area contributed by atoms with Gasteiger partial charge in [-0.05, 0) is 30.9 Å². The van der Waals surface area contributed by atoms with E-state index in [9.17, 15) is 0 Å². The van der Waals surface area contributed by atoms with Crippen LogP contribution in [-0.2, 0) is 0 Å². The summed E-state index contributed by atoms with van der Waals surface area (Å²) in [6.07, 6.45) is 7.44. The molecule has 1 aromatic heterocycles. The van der Waals surface area contributed by atoms with Crippen LogP contribution >= 0.6 is 0 Å². The Morgan fingerprint density at radius 1 is 1.10 bits per heavy atom. The highest BCUT2D eigenvalue weighted by Crippen LogP contribution is 2.32. The second kappa shape index (κ2) is 6.38. The molecule has 0 radical (unpaired) electrons. The van der Waals surface area contributed by atoms with Crippen molar-refractivity contribution in [3.63, 3.8) is 0 Å². The summed E-state index contributed by atoms with van der Waals surface area (Å²) < 4.78 is 5.40. The lowest BCUT2D eigenvalue weighted by Crippen LogP contribution is -1.95. The number of ether oxygens (including phenoxy) is 1. The first kappa shape index (κ1) is 14.3. The minimum atomic E-state index is 0.696. The van der Waals surface area contributed by atoms with Crippen LogP contribution in [0.4, 0.5) is 0 Å². The van der Waals surface area contributed by atoms with E-state index in [4.69, 9.17) is 4.74 Å². The van der Waals surface area contributed by atoms with Crippen molar-refractivity contribution in [1.29, 1.82) is 0 Å². The summed E-state index contributed by atoms with van der Waals surface area (Å²) in [5.41, 5.74) is 3.53. The third-order valence-corrected chi connectivity index (χ3v) is 3.25. The van der Waals surface area contributed by atoms with Gasteiger partial charge in [-0.15, -0.1) is 0 Å². The van der Waals surface area contributed by atoms with Gasteiger partial charge in [0.25, 0.3) is 0 Å². The van der Waals surface area contributed by atoms with Gasteiger partial charge in [-0.2, -0.15) is 0 Å². The summed E-state index contributed by atoms with van der Waals surface area (Å²) in [6, 6.07) is 8.25. The highest BCUT2D eigenvalue weighted by atomic mass is 16.5. The average Bonchev–Trinajstić information content (AvgIpc) is 2.69. The fourth-order valence-corrected chi connectivity index (χ4v) is 2.37. The Morgan fingerprint density at radius 2 is 1.80 bits per heavy atom. The van der Waals surface area contributed by atoms with Gasteiger partial charge in [0.2, 0.25) is 5.88 Å². The molecule has 3 rings (SSSR count). The average molecular weight is 267 g/mol. The minimum Gasteiger partial charge on any atom is -0.481 e. The zero-order valence-electron chi connectivity index (χ0n) is 12.6. The van der Waals surface area contributed by atoms with E-state index in [1.54, 1.807) is 7.11 Å². The summed E-state index contributed by atoms with van der Waals surface area (Å²) >= 11 is 0. The van der Waals surface area contributed by atoms with E-state index < -0.39 is 0 Å². The molecule has 0 bridgehead atoms. The lowest BCUT2D eigenvalue weighted by Gasteiger charge is -2.10. The van der Waals surface area contributed by atoms with Crippen LogP contribution in [0, 0.1) is 0 Å². The van der Waals surface area contributed by atoms with E-state index in [-0.39, 0.29) is 0 Å². The smallest absolute Gasteiger partial charge is 0.221 e. The first-order valence-corrected chi connectivity index (χ1v) is 7.10. The first-order valence-electron chi connectivity index (χ1n) is 7.10. The van der Waals surface area contributed by atoms with E-state index in [0.29, 0.717) is 5.88 Å². The van der Waals surface area contributed by atoms with Crippen molar-refractivity contribution in [1.82, 2.24) is 4.98 Å². The largest absolute Gasteiger partial charge is 0.481 e. The van der Waals surface area contributed by atoms with Gasteiger partial charge in [0.1, 0.15) is 0 Å². The van der Waals surface area contributed by atoms with Crippen molar-refractivity contribution >= 4 is 22.9 Å². The number of fused-ring (bicyclic) bond motifs is 3. The van der Waals surface area contributed by atoms with Gasteiger partial charge in [0, 0.05) is 10.9 Å². The van der Waals surface area contributed by atoms with Gasteiger partial charge in [0.05, 0.1) is 12.8 Å². The number of pyridine rings is 1. The van der Waals surface area contributed by atoms with Crippen LogP contribution in [0.3, 0.4) is 0 Å². The minimum absolute atomic E-state index is 0.696. The number of nitrogens with zero attached hydrogens (tertiary/aromatic N) is 1. The molecule has 0 saturated heterocycles. The number of rotatable bonds is 1. The molecule has 1 aliphatic rings. The zero-order chi connectivity index (χ0) is 14.5. The fraction of sp³-hybridized carbons (Fsp3) is 0.278. The maximum atomic E-state index is 5.40. The topological polar surface area (TPSA) is 22.1 Å². The second-order valence-corrected chi connectivity index (χ2v) is 4.56. The van der Waals surface area contributed by atoms with Crippen molar-refractivity contribution in [3.05, 3.63) is 47.2 Å². The third-order valence-electron chi connectivity index (χ3n) is 3.25. The molecule has 0 spiro atoms. The van der Waals surface area contributed by atoms with E-state index in [1.165, 1.54) is 16.5 Å². The number of methoxy groups -OCH3 is 1. The van der Waals surface area contributed by atoms with Crippen LogP contribution < -0.4 is 4.74 Å². The van der Waals surface area contributed by atoms with Crippen molar-refractivity contribution in [3.8, 4) is 5.88 Å². The summed E-state index contributed by atoms with van der Waals surface area (Å²) in [5, 5.41) is 2.27. The molecular formula is C18H21NO. The Hall–Kier alpha value is -2.09. The second-order valence-electron chi connectivity index (χ2n) is 4.56. The molecule has 20 heavy (non-hydrogen) atoms. The highest BCUT2D eigenvalue weighted by molar-refractivity contribution is 5.96. The van der Waals surface area contributed by atoms with Gasteiger partial charge in [-0.25, -0.2) is 4.98 Å². The van der Waals surface area contributed by atoms with Crippen LogP contribution in [0.2, 0.25) is 0 Å². The van der Waals surface area contributed by atoms with Crippen LogP contribution in [0.15, 0.2) is 35.9 Å². The first-order chi connectivity index (χ1) is 9.79. The molecule has 2 heteroatoms. The van der Waals surface area contributed by atoms with Crippen molar-refractivity contribution in [2.45, 2.75) is 27.2 Å².